The number of nitrogens with two attached hydrogens (primary N) is 1. The molecule has 0 radical (unpaired) electrons. The van der Waals surface area contributed by atoms with Crippen LogP contribution in [-0.2, 0) is 11.2 Å². The molecule has 0 aromatic heterocycles. The number of hydrogen-bond acceptors (Lipinski definition) is 2. The van der Waals surface area contributed by atoms with E-state index in [4.69, 9.17) is 10.5 Å². The number of nitrogens with zero attached hydrogens (tertiary/aromatic N) is 1. The molecule has 3 N–H and O–H groups in total. The highest BCUT2D eigenvalue weighted by atomic mass is 16.5. The summed E-state index contributed by atoms with van der Waals surface area (Å²) >= 11 is 0. The van der Waals surface area contributed by atoms with E-state index in [1.54, 1.807) is 0 Å². The molecular formula is C20H27N3O. The van der Waals surface area contributed by atoms with Gasteiger partial charge in [-0.05, 0) is 43.0 Å². The lowest BCUT2D eigenvalue weighted by atomic mass is 10.1. The van der Waals surface area contributed by atoms with Crippen molar-refractivity contribution in [2.45, 2.75) is 32.8 Å². The number of benzene rings is 2. The summed E-state index contributed by atoms with van der Waals surface area (Å²) < 4.78 is 5.82. The lowest BCUT2D eigenvalue weighted by Crippen LogP contribution is -2.23. The van der Waals surface area contributed by atoms with Crippen LogP contribution >= 0.6 is 0 Å². The highest BCUT2D eigenvalue weighted by molar-refractivity contribution is 5.92. The van der Waals surface area contributed by atoms with E-state index >= 15 is 0 Å². The van der Waals surface area contributed by atoms with E-state index in [1.165, 1.54) is 11.1 Å². The molecule has 4 nitrogen and oxygen atoms in total. The first-order valence-corrected chi connectivity index (χ1v) is 8.51. The fourth-order valence-corrected chi connectivity index (χ4v) is 2.36. The van der Waals surface area contributed by atoms with Gasteiger partial charge in [-0.2, -0.15) is 0 Å². The number of nitrogens with one attached hydrogen (secondary N) is 1. The molecule has 0 aliphatic heterocycles. The molecule has 1 unspecified atom stereocenters. The van der Waals surface area contributed by atoms with Crippen molar-refractivity contribution in [2.75, 3.05) is 18.5 Å². The van der Waals surface area contributed by atoms with Crippen molar-refractivity contribution >= 4 is 11.6 Å². The summed E-state index contributed by atoms with van der Waals surface area (Å²) in [6.45, 7) is 5.51. The summed E-state index contributed by atoms with van der Waals surface area (Å²) in [4.78, 5) is 4.33. The molecule has 0 saturated heterocycles. The Morgan fingerprint density at radius 2 is 1.83 bits per heavy atom. The largest absolute Gasteiger partial charge is 0.374 e. The number of guanidine groups is 1. The van der Waals surface area contributed by atoms with Crippen molar-refractivity contribution in [3.05, 3.63) is 65.7 Å². The Kier molecular flexibility index (Phi) is 7.30. The zero-order chi connectivity index (χ0) is 17.2. The van der Waals surface area contributed by atoms with Crippen LogP contribution in [0.2, 0.25) is 0 Å². The Morgan fingerprint density at radius 1 is 1.12 bits per heavy atom. The van der Waals surface area contributed by atoms with Crippen LogP contribution in [0.4, 0.5) is 5.69 Å². The van der Waals surface area contributed by atoms with Gasteiger partial charge in [0.15, 0.2) is 5.96 Å². The Hall–Kier alpha value is -2.33. The maximum atomic E-state index is 5.91. The first kappa shape index (κ1) is 18.0. The molecule has 128 valence electrons. The predicted molar refractivity (Wildman–Crippen MR) is 101 cm³/mol. The van der Waals surface area contributed by atoms with E-state index in [0.29, 0.717) is 19.1 Å². The van der Waals surface area contributed by atoms with Gasteiger partial charge in [-0.15, -0.1) is 0 Å². The molecule has 2 rings (SSSR count). The van der Waals surface area contributed by atoms with Crippen molar-refractivity contribution in [1.82, 2.24) is 0 Å². The second kappa shape index (κ2) is 9.73. The molecule has 0 aliphatic rings. The molecule has 0 aliphatic carbocycles. The third-order valence-electron chi connectivity index (χ3n) is 3.86. The number of aryl methyl sites for hydroxylation is 1. The SMILES string of the molecule is CCc1ccc(NC(N)=NCCCOC(C)c2ccccc2)cc1. The fourth-order valence-electron chi connectivity index (χ4n) is 2.36. The Labute approximate surface area is 144 Å². The monoisotopic (exact) mass is 325 g/mol. The van der Waals surface area contributed by atoms with Crippen molar-refractivity contribution in [3.63, 3.8) is 0 Å². The van der Waals surface area contributed by atoms with Gasteiger partial charge < -0.3 is 15.8 Å². The summed E-state index contributed by atoms with van der Waals surface area (Å²) in [6.07, 6.45) is 1.97. The van der Waals surface area contributed by atoms with E-state index in [1.807, 2.05) is 30.3 Å². The maximum absolute atomic E-state index is 5.91. The van der Waals surface area contributed by atoms with E-state index in [0.717, 1.165) is 18.5 Å². The number of anilines is 1. The van der Waals surface area contributed by atoms with Gasteiger partial charge in [-0.1, -0.05) is 49.4 Å². The molecule has 0 bridgehead atoms. The highest BCUT2D eigenvalue weighted by Crippen LogP contribution is 2.15. The van der Waals surface area contributed by atoms with Crippen LogP contribution in [0.3, 0.4) is 0 Å². The van der Waals surface area contributed by atoms with Crippen LogP contribution in [0.5, 0.6) is 0 Å². The normalized spacial score (nSPS) is 12.8. The molecule has 0 saturated carbocycles. The van der Waals surface area contributed by atoms with Crippen molar-refractivity contribution in [2.24, 2.45) is 10.7 Å². The second-order valence-electron chi connectivity index (χ2n) is 5.72. The smallest absolute Gasteiger partial charge is 0.193 e. The van der Waals surface area contributed by atoms with Gasteiger partial charge in [-0.3, -0.25) is 4.99 Å². The molecule has 1 atom stereocenters. The lowest BCUT2D eigenvalue weighted by molar-refractivity contribution is 0.0652. The minimum Gasteiger partial charge on any atom is -0.374 e. The first-order valence-electron chi connectivity index (χ1n) is 8.51. The van der Waals surface area contributed by atoms with Gasteiger partial charge in [-0.25, -0.2) is 0 Å². The van der Waals surface area contributed by atoms with Gasteiger partial charge in [0, 0.05) is 18.8 Å². The average Bonchev–Trinajstić information content (AvgIpc) is 2.62. The standard InChI is InChI=1S/C20H27N3O/c1-3-17-10-12-19(13-11-17)23-20(21)22-14-7-15-24-16(2)18-8-5-4-6-9-18/h4-6,8-13,16H,3,7,14-15H2,1-2H3,(H3,21,22,23). The van der Waals surface area contributed by atoms with Crippen molar-refractivity contribution in [1.29, 1.82) is 0 Å². The first-order chi connectivity index (χ1) is 11.7. The molecule has 0 fully saturated rings. The van der Waals surface area contributed by atoms with Crippen LogP contribution in [0, 0.1) is 0 Å². The van der Waals surface area contributed by atoms with Crippen LogP contribution in [0.25, 0.3) is 0 Å². The van der Waals surface area contributed by atoms with Crippen LogP contribution in [0.1, 0.15) is 37.5 Å². The van der Waals surface area contributed by atoms with Crippen LogP contribution in [-0.4, -0.2) is 19.1 Å². The quantitative estimate of drug-likeness (QED) is 0.435. The molecule has 2 aromatic rings. The Bertz CT molecular complexity index is 623. The summed E-state index contributed by atoms with van der Waals surface area (Å²) in [5, 5.41) is 3.11. The molecule has 4 heteroatoms. The van der Waals surface area contributed by atoms with Gasteiger partial charge in [0.05, 0.1) is 6.10 Å². The molecule has 24 heavy (non-hydrogen) atoms. The zero-order valence-electron chi connectivity index (χ0n) is 14.5. The zero-order valence-corrected chi connectivity index (χ0v) is 14.5. The van der Waals surface area contributed by atoms with Crippen molar-refractivity contribution < 1.29 is 4.74 Å². The summed E-state index contributed by atoms with van der Waals surface area (Å²) in [7, 11) is 0. The molecule has 0 heterocycles. The summed E-state index contributed by atoms with van der Waals surface area (Å²) in [6, 6.07) is 18.4. The van der Waals surface area contributed by atoms with E-state index in [9.17, 15) is 0 Å². The van der Waals surface area contributed by atoms with Crippen LogP contribution in [0.15, 0.2) is 59.6 Å². The summed E-state index contributed by atoms with van der Waals surface area (Å²) in [5.41, 5.74) is 9.37. The highest BCUT2D eigenvalue weighted by Gasteiger charge is 2.03. The van der Waals surface area contributed by atoms with Gasteiger partial charge in [0.25, 0.3) is 0 Å². The lowest BCUT2D eigenvalue weighted by Gasteiger charge is -2.12. The van der Waals surface area contributed by atoms with E-state index in [2.05, 4.69) is 48.4 Å². The molecular weight excluding hydrogens is 298 g/mol. The third-order valence-corrected chi connectivity index (χ3v) is 3.86. The minimum absolute atomic E-state index is 0.0998. The Balaban J connectivity index is 1.67. The fraction of sp³-hybridized carbons (Fsp3) is 0.350. The topological polar surface area (TPSA) is 59.6 Å². The van der Waals surface area contributed by atoms with Crippen molar-refractivity contribution in [3.8, 4) is 0 Å². The maximum Gasteiger partial charge on any atom is 0.193 e. The van der Waals surface area contributed by atoms with E-state index in [-0.39, 0.29) is 6.10 Å². The van der Waals surface area contributed by atoms with Crippen LogP contribution < -0.4 is 11.1 Å². The number of rotatable bonds is 8. The second-order valence-corrected chi connectivity index (χ2v) is 5.72. The van der Waals surface area contributed by atoms with Gasteiger partial charge in [0.2, 0.25) is 0 Å². The molecule has 0 amide bonds. The average molecular weight is 325 g/mol. The number of ether oxygens (including phenoxy) is 1. The summed E-state index contributed by atoms with van der Waals surface area (Å²) in [5.74, 6) is 0.440. The van der Waals surface area contributed by atoms with Gasteiger partial charge >= 0.3 is 0 Å². The third kappa shape index (κ3) is 6.05. The molecule has 2 aromatic carbocycles. The Morgan fingerprint density at radius 3 is 2.50 bits per heavy atom. The van der Waals surface area contributed by atoms with E-state index < -0.39 is 0 Å². The van der Waals surface area contributed by atoms with Gasteiger partial charge in [0.1, 0.15) is 0 Å². The number of aliphatic imine (C=N–C) groups is 1. The number of hydrogen-bond donors (Lipinski definition) is 2. The molecule has 0 spiro atoms. The minimum atomic E-state index is 0.0998. The predicted octanol–water partition coefficient (Wildman–Crippen LogP) is 4.14.